The second-order valence-corrected chi connectivity index (χ2v) is 6.62. The van der Waals surface area contributed by atoms with E-state index in [9.17, 15) is 9.59 Å². The first kappa shape index (κ1) is 16.7. The number of amides is 1. The van der Waals surface area contributed by atoms with Crippen molar-refractivity contribution in [1.29, 1.82) is 0 Å². The second-order valence-electron chi connectivity index (χ2n) is 6.22. The van der Waals surface area contributed by atoms with E-state index in [1.807, 2.05) is 36.4 Å². The van der Waals surface area contributed by atoms with Crippen molar-refractivity contribution in [3.05, 3.63) is 65.4 Å². The van der Waals surface area contributed by atoms with E-state index in [1.165, 1.54) is 4.90 Å². The Labute approximate surface area is 155 Å². The van der Waals surface area contributed by atoms with Crippen LogP contribution < -0.4 is 4.90 Å². The van der Waals surface area contributed by atoms with Gasteiger partial charge in [-0.15, -0.1) is 0 Å². The van der Waals surface area contributed by atoms with Gasteiger partial charge in [-0.1, -0.05) is 41.9 Å². The number of halogens is 1. The summed E-state index contributed by atoms with van der Waals surface area (Å²) in [7, 11) is 0. The van der Waals surface area contributed by atoms with E-state index in [4.69, 9.17) is 20.8 Å². The number of nitrogens with zero attached hydrogens (tertiary/aromatic N) is 1. The molecule has 5 nitrogen and oxygen atoms in total. The van der Waals surface area contributed by atoms with Gasteiger partial charge in [0.05, 0.1) is 16.6 Å². The lowest BCUT2D eigenvalue weighted by atomic mass is 10.1. The topological polar surface area (TPSA) is 59.8 Å². The lowest BCUT2D eigenvalue weighted by Crippen LogP contribution is -2.26. The first-order valence-electron chi connectivity index (χ1n) is 8.31. The summed E-state index contributed by atoms with van der Waals surface area (Å²) in [5.74, 6) is -0.480. The maximum absolute atomic E-state index is 12.4. The third-order valence-electron chi connectivity index (χ3n) is 4.43. The van der Waals surface area contributed by atoms with Gasteiger partial charge in [-0.3, -0.25) is 9.59 Å². The van der Waals surface area contributed by atoms with Crippen LogP contribution in [-0.2, 0) is 20.9 Å². The molecule has 26 heavy (non-hydrogen) atoms. The van der Waals surface area contributed by atoms with Gasteiger partial charge in [0, 0.05) is 18.4 Å². The fraction of sp³-hybridized carbons (Fsp3) is 0.200. The molecule has 1 atom stereocenters. The van der Waals surface area contributed by atoms with Crippen LogP contribution in [0.4, 0.5) is 5.69 Å². The number of hydrogen-bond acceptors (Lipinski definition) is 4. The summed E-state index contributed by atoms with van der Waals surface area (Å²) < 4.78 is 11.0. The minimum Gasteiger partial charge on any atom is -0.457 e. The number of hydrogen-bond donors (Lipinski definition) is 0. The van der Waals surface area contributed by atoms with Crippen LogP contribution in [0.15, 0.2) is 59.0 Å². The first-order valence-corrected chi connectivity index (χ1v) is 8.68. The zero-order valence-corrected chi connectivity index (χ0v) is 14.6. The van der Waals surface area contributed by atoms with Crippen molar-refractivity contribution in [2.45, 2.75) is 13.0 Å². The van der Waals surface area contributed by atoms with Crippen LogP contribution in [0.1, 0.15) is 12.2 Å². The Balaban J connectivity index is 1.41. The maximum atomic E-state index is 12.4. The van der Waals surface area contributed by atoms with Gasteiger partial charge in [0.15, 0.2) is 0 Å². The molecule has 2 heterocycles. The molecule has 6 heteroatoms. The molecule has 132 valence electrons. The summed E-state index contributed by atoms with van der Waals surface area (Å²) >= 11 is 6.15. The van der Waals surface area contributed by atoms with E-state index in [0.29, 0.717) is 16.5 Å². The fourth-order valence-electron chi connectivity index (χ4n) is 3.14. The highest BCUT2D eigenvalue weighted by atomic mass is 35.5. The van der Waals surface area contributed by atoms with E-state index >= 15 is 0 Å². The molecule has 1 fully saturated rings. The summed E-state index contributed by atoms with van der Waals surface area (Å²) in [4.78, 5) is 26.2. The molecule has 1 unspecified atom stereocenters. The summed E-state index contributed by atoms with van der Waals surface area (Å²) in [6.07, 6.45) is 0.115. The average Bonchev–Trinajstić information content (AvgIpc) is 3.23. The number of rotatable bonds is 4. The van der Waals surface area contributed by atoms with Crippen molar-refractivity contribution in [3.63, 3.8) is 0 Å². The molecular weight excluding hydrogens is 354 g/mol. The largest absolute Gasteiger partial charge is 0.457 e. The molecule has 4 rings (SSSR count). The van der Waals surface area contributed by atoms with Crippen LogP contribution in [-0.4, -0.2) is 18.4 Å². The molecule has 1 aliphatic heterocycles. The number of benzene rings is 2. The predicted octanol–water partition coefficient (Wildman–Crippen LogP) is 4.18. The minimum absolute atomic E-state index is 0.0459. The summed E-state index contributed by atoms with van der Waals surface area (Å²) in [6.45, 7) is 0.311. The molecule has 0 spiro atoms. The number of ether oxygens (including phenoxy) is 1. The number of esters is 1. The Bertz CT molecular complexity index is 948. The lowest BCUT2D eigenvalue weighted by molar-refractivity contribution is -0.150. The van der Waals surface area contributed by atoms with Crippen molar-refractivity contribution in [3.8, 4) is 0 Å². The summed E-state index contributed by atoms with van der Waals surface area (Å²) in [5.41, 5.74) is 1.37. The van der Waals surface area contributed by atoms with Gasteiger partial charge in [-0.25, -0.2) is 0 Å². The highest BCUT2D eigenvalue weighted by Gasteiger charge is 2.36. The lowest BCUT2D eigenvalue weighted by Gasteiger charge is -2.17. The van der Waals surface area contributed by atoms with Gasteiger partial charge in [-0.2, -0.15) is 0 Å². The second kappa shape index (κ2) is 6.84. The standard InChI is InChI=1S/C20H16ClNO4/c21-16-6-2-3-7-17(16)22-11-14(10-19(22)23)20(24)25-12-15-9-13-5-1-4-8-18(13)26-15/h1-9,14H,10-12H2. The van der Waals surface area contributed by atoms with E-state index in [-0.39, 0.29) is 25.5 Å². The number of fused-ring (bicyclic) bond motifs is 1. The number of furan rings is 1. The van der Waals surface area contributed by atoms with Crippen molar-refractivity contribution in [2.24, 2.45) is 5.92 Å². The van der Waals surface area contributed by atoms with E-state index < -0.39 is 11.9 Å². The number of anilines is 1. The Hall–Kier alpha value is -2.79. The van der Waals surface area contributed by atoms with Gasteiger partial charge in [0.1, 0.15) is 18.0 Å². The van der Waals surface area contributed by atoms with E-state index in [0.717, 1.165) is 11.0 Å². The van der Waals surface area contributed by atoms with Crippen LogP contribution in [0.25, 0.3) is 11.0 Å². The molecule has 0 saturated carbocycles. The van der Waals surface area contributed by atoms with Crippen LogP contribution in [0, 0.1) is 5.92 Å². The maximum Gasteiger partial charge on any atom is 0.311 e. The summed E-state index contributed by atoms with van der Waals surface area (Å²) in [6, 6.07) is 16.5. The zero-order valence-electron chi connectivity index (χ0n) is 13.9. The molecule has 1 saturated heterocycles. The Kier molecular flexibility index (Phi) is 4.39. The number of carbonyl (C=O) groups excluding carboxylic acids is 2. The Morgan fingerprint density at radius 1 is 1.19 bits per heavy atom. The van der Waals surface area contributed by atoms with Crippen LogP contribution in [0.3, 0.4) is 0 Å². The Morgan fingerprint density at radius 3 is 2.77 bits per heavy atom. The van der Waals surface area contributed by atoms with E-state index in [1.54, 1.807) is 18.2 Å². The molecule has 3 aromatic rings. The van der Waals surface area contributed by atoms with Crippen LogP contribution in [0.2, 0.25) is 5.02 Å². The van der Waals surface area contributed by atoms with Crippen LogP contribution >= 0.6 is 11.6 Å². The fourth-order valence-corrected chi connectivity index (χ4v) is 3.37. The molecule has 0 N–H and O–H groups in total. The third kappa shape index (κ3) is 3.18. The predicted molar refractivity (Wildman–Crippen MR) is 97.9 cm³/mol. The minimum atomic E-state index is -0.511. The van der Waals surface area contributed by atoms with Crippen molar-refractivity contribution < 1.29 is 18.7 Å². The third-order valence-corrected chi connectivity index (χ3v) is 4.75. The number of carbonyl (C=O) groups is 2. The van der Waals surface area contributed by atoms with Crippen molar-refractivity contribution >= 4 is 40.1 Å². The van der Waals surface area contributed by atoms with Gasteiger partial charge in [-0.05, 0) is 24.3 Å². The average molecular weight is 370 g/mol. The first-order chi connectivity index (χ1) is 12.6. The van der Waals surface area contributed by atoms with Gasteiger partial charge in [0.25, 0.3) is 0 Å². The van der Waals surface area contributed by atoms with Crippen molar-refractivity contribution in [2.75, 3.05) is 11.4 Å². The molecular formula is C20H16ClNO4. The molecule has 2 aromatic carbocycles. The molecule has 1 amide bonds. The molecule has 0 bridgehead atoms. The zero-order chi connectivity index (χ0) is 18.1. The molecule has 0 radical (unpaired) electrons. The van der Waals surface area contributed by atoms with Crippen molar-refractivity contribution in [1.82, 2.24) is 0 Å². The Morgan fingerprint density at radius 2 is 1.96 bits per heavy atom. The van der Waals surface area contributed by atoms with Crippen LogP contribution in [0.5, 0.6) is 0 Å². The SMILES string of the molecule is O=C(OCc1cc2ccccc2o1)C1CC(=O)N(c2ccccc2Cl)C1. The normalized spacial score (nSPS) is 17.0. The molecule has 1 aromatic heterocycles. The van der Waals surface area contributed by atoms with Gasteiger partial charge in [0.2, 0.25) is 5.91 Å². The highest BCUT2D eigenvalue weighted by Crippen LogP contribution is 2.31. The van der Waals surface area contributed by atoms with Gasteiger partial charge >= 0.3 is 5.97 Å². The highest BCUT2D eigenvalue weighted by molar-refractivity contribution is 6.33. The quantitative estimate of drug-likeness (QED) is 0.647. The smallest absolute Gasteiger partial charge is 0.311 e. The van der Waals surface area contributed by atoms with E-state index in [2.05, 4.69) is 0 Å². The molecule has 0 aliphatic carbocycles. The number of para-hydroxylation sites is 2. The monoisotopic (exact) mass is 369 g/mol. The summed E-state index contributed by atoms with van der Waals surface area (Å²) in [5, 5.41) is 1.44. The van der Waals surface area contributed by atoms with Gasteiger partial charge < -0.3 is 14.1 Å². The molecule has 1 aliphatic rings.